The third-order valence-corrected chi connectivity index (χ3v) is 4.58. The second kappa shape index (κ2) is 7.27. The second-order valence-corrected chi connectivity index (χ2v) is 6.41. The van der Waals surface area contributed by atoms with Crippen LogP contribution in [0, 0.1) is 12.8 Å². The predicted octanol–water partition coefficient (Wildman–Crippen LogP) is 2.90. The number of carbonyl (C=O) groups excluding carboxylic acids is 1. The van der Waals surface area contributed by atoms with E-state index in [0.29, 0.717) is 12.5 Å². The van der Waals surface area contributed by atoms with Crippen LogP contribution < -0.4 is 11.1 Å². The highest BCUT2D eigenvalue weighted by molar-refractivity contribution is 7.14. The zero-order chi connectivity index (χ0) is 13.1. The molecule has 1 fully saturated rings. The van der Waals surface area contributed by atoms with Crippen molar-refractivity contribution < 1.29 is 4.79 Å². The monoisotopic (exact) mass is 302 g/mol. The largest absolute Gasteiger partial charge is 0.350 e. The lowest BCUT2D eigenvalue weighted by Crippen LogP contribution is -2.38. The van der Waals surface area contributed by atoms with Gasteiger partial charge in [-0.3, -0.25) is 4.79 Å². The summed E-state index contributed by atoms with van der Waals surface area (Å²) in [5, 5.41) is 2.95. The first-order valence-electron chi connectivity index (χ1n) is 6.75. The van der Waals surface area contributed by atoms with Crippen molar-refractivity contribution in [3.05, 3.63) is 21.4 Å². The van der Waals surface area contributed by atoms with Gasteiger partial charge in [-0.1, -0.05) is 13.3 Å². The van der Waals surface area contributed by atoms with E-state index in [4.69, 9.17) is 5.73 Å². The minimum absolute atomic E-state index is 0. The normalized spacial score (nSPS) is 15.7. The molecule has 0 aliphatic heterocycles. The Balaban J connectivity index is 0.00000180. The Morgan fingerprint density at radius 2 is 2.26 bits per heavy atom. The number of amides is 1. The quantitative estimate of drug-likeness (QED) is 0.849. The molecular weight excluding hydrogens is 280 g/mol. The first-order chi connectivity index (χ1) is 8.61. The van der Waals surface area contributed by atoms with Crippen LogP contribution in [0.3, 0.4) is 0 Å². The Labute approximate surface area is 125 Å². The van der Waals surface area contributed by atoms with Crippen molar-refractivity contribution in [2.45, 2.75) is 45.6 Å². The molecule has 1 aromatic rings. The van der Waals surface area contributed by atoms with Crippen LogP contribution in [0.15, 0.2) is 6.07 Å². The minimum Gasteiger partial charge on any atom is -0.350 e. The van der Waals surface area contributed by atoms with Crippen LogP contribution in [0.1, 0.15) is 46.3 Å². The maximum atomic E-state index is 12.0. The van der Waals surface area contributed by atoms with Gasteiger partial charge in [0.25, 0.3) is 5.91 Å². The number of thiophene rings is 1. The average molecular weight is 303 g/mol. The average Bonchev–Trinajstić information content (AvgIpc) is 3.13. The van der Waals surface area contributed by atoms with E-state index < -0.39 is 0 Å². The van der Waals surface area contributed by atoms with Crippen molar-refractivity contribution >= 4 is 29.7 Å². The van der Waals surface area contributed by atoms with E-state index in [0.717, 1.165) is 17.7 Å². The van der Waals surface area contributed by atoms with E-state index in [-0.39, 0.29) is 24.4 Å². The van der Waals surface area contributed by atoms with Crippen LogP contribution in [0.25, 0.3) is 0 Å². The molecule has 1 aliphatic rings. The summed E-state index contributed by atoms with van der Waals surface area (Å²) in [6.45, 7) is 4.84. The smallest absolute Gasteiger partial charge is 0.261 e. The number of rotatable bonds is 6. The topological polar surface area (TPSA) is 55.1 Å². The summed E-state index contributed by atoms with van der Waals surface area (Å²) in [6, 6.07) is 2.16. The van der Waals surface area contributed by atoms with Crippen molar-refractivity contribution in [3.8, 4) is 0 Å². The highest BCUT2D eigenvalue weighted by atomic mass is 35.5. The first-order valence-corrected chi connectivity index (χ1v) is 7.56. The van der Waals surface area contributed by atoms with Crippen LogP contribution in [-0.4, -0.2) is 18.5 Å². The lowest BCUT2D eigenvalue weighted by Gasteiger charge is -2.10. The van der Waals surface area contributed by atoms with Crippen molar-refractivity contribution in [2.75, 3.05) is 6.54 Å². The molecule has 1 aliphatic carbocycles. The standard InChI is InChI=1S/C14H22N2OS.ClH/c1-3-4-11-7-13(18-9(11)2)14(17)16-8-12(15)10-5-6-10;/h7,10,12H,3-6,8,15H2,1-2H3,(H,16,17);1H. The van der Waals surface area contributed by atoms with E-state index >= 15 is 0 Å². The van der Waals surface area contributed by atoms with Crippen molar-refractivity contribution in [1.82, 2.24) is 5.32 Å². The van der Waals surface area contributed by atoms with Crippen molar-refractivity contribution in [1.29, 1.82) is 0 Å². The molecular formula is C14H23ClN2OS. The Hall–Kier alpha value is -0.580. The summed E-state index contributed by atoms with van der Waals surface area (Å²) in [7, 11) is 0. The van der Waals surface area contributed by atoms with Gasteiger partial charge in [0.15, 0.2) is 0 Å². The molecule has 3 nitrogen and oxygen atoms in total. The van der Waals surface area contributed by atoms with Crippen LogP contribution in [0.2, 0.25) is 0 Å². The molecule has 0 radical (unpaired) electrons. The maximum absolute atomic E-state index is 12.0. The highest BCUT2D eigenvalue weighted by Crippen LogP contribution is 2.31. The SMILES string of the molecule is CCCc1cc(C(=O)NCC(N)C2CC2)sc1C.Cl. The molecule has 1 unspecified atom stereocenters. The molecule has 3 N–H and O–H groups in total. The lowest BCUT2D eigenvalue weighted by molar-refractivity contribution is 0.0954. The van der Waals surface area contributed by atoms with Crippen molar-refractivity contribution in [3.63, 3.8) is 0 Å². The van der Waals surface area contributed by atoms with Gasteiger partial charge in [-0.25, -0.2) is 0 Å². The van der Waals surface area contributed by atoms with Crippen LogP contribution >= 0.6 is 23.7 Å². The Morgan fingerprint density at radius 1 is 1.58 bits per heavy atom. The number of aryl methyl sites for hydroxylation is 2. The zero-order valence-electron chi connectivity index (χ0n) is 11.6. The highest BCUT2D eigenvalue weighted by Gasteiger charge is 2.28. The van der Waals surface area contributed by atoms with Gasteiger partial charge in [-0.15, -0.1) is 23.7 Å². The van der Waals surface area contributed by atoms with Gasteiger partial charge in [-0.05, 0) is 43.7 Å². The Kier molecular flexibility index (Phi) is 6.30. The molecule has 1 amide bonds. The Morgan fingerprint density at radius 3 is 2.84 bits per heavy atom. The number of carbonyl (C=O) groups is 1. The number of halogens is 1. The predicted molar refractivity (Wildman–Crippen MR) is 83.3 cm³/mol. The molecule has 1 atom stereocenters. The van der Waals surface area contributed by atoms with Gasteiger partial charge in [0.2, 0.25) is 0 Å². The van der Waals surface area contributed by atoms with Gasteiger partial charge in [0.05, 0.1) is 4.88 Å². The van der Waals surface area contributed by atoms with E-state index in [1.54, 1.807) is 11.3 Å². The van der Waals surface area contributed by atoms with Crippen LogP contribution in [0.4, 0.5) is 0 Å². The lowest BCUT2D eigenvalue weighted by atomic mass is 10.1. The molecule has 0 bridgehead atoms. The molecule has 1 heterocycles. The summed E-state index contributed by atoms with van der Waals surface area (Å²) >= 11 is 1.59. The fourth-order valence-electron chi connectivity index (χ4n) is 2.14. The number of hydrogen-bond donors (Lipinski definition) is 2. The summed E-state index contributed by atoms with van der Waals surface area (Å²) < 4.78 is 0. The molecule has 0 saturated heterocycles. The summed E-state index contributed by atoms with van der Waals surface area (Å²) in [5.74, 6) is 0.660. The van der Waals surface area contributed by atoms with Gasteiger partial charge in [0, 0.05) is 17.5 Å². The van der Waals surface area contributed by atoms with E-state index in [2.05, 4.69) is 19.2 Å². The number of nitrogens with one attached hydrogen (secondary N) is 1. The minimum atomic E-state index is 0. The fraction of sp³-hybridized carbons (Fsp3) is 0.643. The van der Waals surface area contributed by atoms with Gasteiger partial charge in [0.1, 0.15) is 0 Å². The molecule has 0 spiro atoms. The van der Waals surface area contributed by atoms with Crippen LogP contribution in [-0.2, 0) is 6.42 Å². The van der Waals surface area contributed by atoms with E-state index in [1.807, 2.05) is 6.07 Å². The maximum Gasteiger partial charge on any atom is 0.261 e. The molecule has 1 saturated carbocycles. The summed E-state index contributed by atoms with van der Waals surface area (Å²) in [6.07, 6.45) is 4.61. The summed E-state index contributed by atoms with van der Waals surface area (Å²) in [5.41, 5.74) is 7.28. The van der Waals surface area contributed by atoms with Gasteiger partial charge < -0.3 is 11.1 Å². The second-order valence-electron chi connectivity index (χ2n) is 5.15. The first kappa shape index (κ1) is 16.5. The molecule has 5 heteroatoms. The third kappa shape index (κ3) is 4.48. The van der Waals surface area contributed by atoms with Gasteiger partial charge >= 0.3 is 0 Å². The molecule has 19 heavy (non-hydrogen) atoms. The van der Waals surface area contributed by atoms with Gasteiger partial charge in [-0.2, -0.15) is 0 Å². The zero-order valence-corrected chi connectivity index (χ0v) is 13.2. The number of hydrogen-bond acceptors (Lipinski definition) is 3. The Bertz CT molecular complexity index is 429. The van der Waals surface area contributed by atoms with Crippen molar-refractivity contribution in [2.24, 2.45) is 11.7 Å². The van der Waals surface area contributed by atoms with Crippen LogP contribution in [0.5, 0.6) is 0 Å². The van der Waals surface area contributed by atoms with E-state index in [1.165, 1.54) is 23.3 Å². The molecule has 1 aromatic heterocycles. The summed E-state index contributed by atoms with van der Waals surface area (Å²) in [4.78, 5) is 14.1. The third-order valence-electron chi connectivity index (χ3n) is 3.49. The van der Waals surface area contributed by atoms with E-state index in [9.17, 15) is 4.79 Å². The molecule has 0 aromatic carbocycles. The fourth-order valence-corrected chi connectivity index (χ4v) is 3.13. The molecule has 2 rings (SSSR count). The number of nitrogens with two attached hydrogens (primary N) is 1. The molecule has 108 valence electrons.